The molecular weight excluding hydrogens is 581 g/mol. The number of halogens is 2. The number of hydrogen-bond acceptors (Lipinski definition) is 7. The first-order chi connectivity index (χ1) is 20.0. The summed E-state index contributed by atoms with van der Waals surface area (Å²) in [6.45, 7) is 2.92. The van der Waals surface area contributed by atoms with Gasteiger partial charge in [0.2, 0.25) is 0 Å². The van der Waals surface area contributed by atoms with Crippen molar-refractivity contribution in [2.24, 2.45) is 5.92 Å². The Morgan fingerprint density at radius 2 is 1.80 bits per heavy atom. The van der Waals surface area contributed by atoms with Gasteiger partial charge in [0, 0.05) is 54.1 Å². The summed E-state index contributed by atoms with van der Waals surface area (Å²) >= 11 is 14.6. The maximum atomic E-state index is 12.7. The molecule has 2 saturated heterocycles. The molecule has 216 valence electrons. The lowest BCUT2D eigenvalue weighted by Gasteiger charge is -2.33. The molecule has 3 aromatic rings. The zero-order valence-electron chi connectivity index (χ0n) is 22.7. The molecule has 0 radical (unpaired) electrons. The summed E-state index contributed by atoms with van der Waals surface area (Å²) in [5, 5.41) is 10.5. The first-order valence-corrected chi connectivity index (χ1v) is 16.1. The molecule has 8 nitrogen and oxygen atoms in total. The summed E-state index contributed by atoms with van der Waals surface area (Å²) < 4.78 is 16.8. The number of nitrogens with one attached hydrogen (secondary N) is 1. The van der Waals surface area contributed by atoms with Crippen LogP contribution < -0.4 is 9.62 Å². The van der Waals surface area contributed by atoms with E-state index in [1.54, 1.807) is 4.68 Å². The second kappa shape index (κ2) is 11.8. The molecule has 2 bridgehead atoms. The van der Waals surface area contributed by atoms with Crippen LogP contribution in [0.15, 0.2) is 42.5 Å². The number of para-hydroxylation sites is 1. The molecule has 3 heterocycles. The molecule has 1 aromatic heterocycles. The largest absolute Gasteiger partial charge is 0.381 e. The fraction of sp³-hybridized carbons (Fsp3) is 0.500. The first-order valence-electron chi connectivity index (χ1n) is 14.5. The highest BCUT2D eigenvalue weighted by atomic mass is 35.5. The minimum atomic E-state index is -0.0400. The van der Waals surface area contributed by atoms with Crippen molar-refractivity contribution < 1.29 is 14.3 Å². The first kappa shape index (κ1) is 27.5. The molecule has 2 aliphatic heterocycles. The molecule has 0 unspecified atom stereocenters. The Bertz CT molecular complexity index is 1390. The molecule has 3 atom stereocenters. The van der Waals surface area contributed by atoms with E-state index in [-0.39, 0.29) is 12.0 Å². The number of hydrogen-bond donors (Lipinski definition) is 1. The Hall–Kier alpha value is -2.30. The molecule has 0 spiro atoms. The van der Waals surface area contributed by atoms with Crippen molar-refractivity contribution in [2.75, 3.05) is 24.7 Å². The lowest BCUT2D eigenvalue weighted by molar-refractivity contribution is 0.00991. The lowest BCUT2D eigenvalue weighted by atomic mass is 10.0. The van der Waals surface area contributed by atoms with E-state index >= 15 is 0 Å². The molecule has 4 aliphatic rings. The Balaban J connectivity index is 0.971. The van der Waals surface area contributed by atoms with E-state index in [1.807, 2.05) is 30.3 Å². The van der Waals surface area contributed by atoms with Gasteiger partial charge in [-0.1, -0.05) is 34.5 Å². The van der Waals surface area contributed by atoms with Crippen LogP contribution in [0.25, 0.3) is 5.69 Å². The Morgan fingerprint density at radius 1 is 1.05 bits per heavy atom. The number of carbonyl (C=O) groups is 1. The number of aromatic nitrogens is 3. The van der Waals surface area contributed by atoms with Crippen molar-refractivity contribution >= 4 is 46.7 Å². The number of nitrogens with zero attached hydrogens (tertiary/aromatic N) is 4. The topological polar surface area (TPSA) is 81.5 Å². The summed E-state index contributed by atoms with van der Waals surface area (Å²) in [6.07, 6.45) is 6.47. The standard InChI is InChI=1S/C30H33Cl2N5O3S/c31-24-2-1-3-25(32)29(24)37-26(28(33-35-37)18-4-5-18)17-40-27-15-22-14-20(27)16-36(22)21-8-6-19(7-9-21)30(38)34-41-23-10-12-39-13-11-23/h1-3,6-9,18,20,22-23,27H,4-5,10-17H2,(H,34,38)/t20-,22-,27+/m0/s1. The molecule has 4 fully saturated rings. The monoisotopic (exact) mass is 613 g/mol. The number of fused-ring (bicyclic) bond motifs is 2. The SMILES string of the molecule is O=C(NSC1CCOCC1)c1ccc(N2C[C@@H]3C[C@H]2C[C@H]3OCc2c(C3CC3)nnn2-c2c(Cl)cccc2Cl)cc1. The number of benzene rings is 2. The lowest BCUT2D eigenvalue weighted by Crippen LogP contribution is -2.38. The zero-order chi connectivity index (χ0) is 27.9. The van der Waals surface area contributed by atoms with Crippen LogP contribution >= 0.6 is 35.1 Å². The van der Waals surface area contributed by atoms with Gasteiger partial charge in [-0.05, 0) is 86.9 Å². The predicted octanol–water partition coefficient (Wildman–Crippen LogP) is 6.19. The summed E-state index contributed by atoms with van der Waals surface area (Å²) in [6, 6.07) is 13.9. The van der Waals surface area contributed by atoms with Crippen molar-refractivity contribution in [1.82, 2.24) is 19.7 Å². The van der Waals surface area contributed by atoms with E-state index in [0.717, 1.165) is 75.4 Å². The average Bonchev–Trinajstić information content (AvgIpc) is 3.44. The summed E-state index contributed by atoms with van der Waals surface area (Å²) in [7, 11) is 0. The minimum absolute atomic E-state index is 0.0400. The highest BCUT2D eigenvalue weighted by molar-refractivity contribution is 7.98. The molecular formula is C30H33Cl2N5O3S. The molecule has 41 heavy (non-hydrogen) atoms. The number of amides is 1. The van der Waals surface area contributed by atoms with Crippen LogP contribution in [0.5, 0.6) is 0 Å². The smallest absolute Gasteiger partial charge is 0.261 e. The number of anilines is 1. The van der Waals surface area contributed by atoms with Gasteiger partial charge >= 0.3 is 0 Å². The number of piperidine rings is 1. The second-order valence-electron chi connectivity index (χ2n) is 11.5. The van der Waals surface area contributed by atoms with Crippen molar-refractivity contribution in [3.8, 4) is 5.69 Å². The maximum absolute atomic E-state index is 12.7. The van der Waals surface area contributed by atoms with E-state index < -0.39 is 0 Å². The fourth-order valence-electron chi connectivity index (χ4n) is 6.40. The van der Waals surface area contributed by atoms with Crippen LogP contribution in [0.2, 0.25) is 10.0 Å². The highest BCUT2D eigenvalue weighted by Gasteiger charge is 2.45. The maximum Gasteiger partial charge on any atom is 0.261 e. The minimum Gasteiger partial charge on any atom is -0.381 e. The van der Waals surface area contributed by atoms with E-state index in [1.165, 1.54) is 11.9 Å². The number of carbonyl (C=O) groups excluding carboxylic acids is 1. The molecule has 1 amide bonds. The van der Waals surface area contributed by atoms with Gasteiger partial charge in [-0.2, -0.15) is 0 Å². The van der Waals surface area contributed by atoms with Gasteiger partial charge in [-0.15, -0.1) is 5.10 Å². The van der Waals surface area contributed by atoms with E-state index in [0.29, 0.717) is 51.0 Å². The van der Waals surface area contributed by atoms with Gasteiger partial charge in [-0.3, -0.25) is 9.52 Å². The Labute approximate surface area is 254 Å². The van der Waals surface area contributed by atoms with Crippen LogP contribution in [0.1, 0.15) is 66.2 Å². The van der Waals surface area contributed by atoms with Crippen LogP contribution in [0.4, 0.5) is 5.69 Å². The second-order valence-corrected chi connectivity index (χ2v) is 13.4. The van der Waals surface area contributed by atoms with Gasteiger partial charge < -0.3 is 14.4 Å². The van der Waals surface area contributed by atoms with Gasteiger partial charge in [0.1, 0.15) is 5.69 Å². The summed E-state index contributed by atoms with van der Waals surface area (Å²) in [5.41, 5.74) is 4.46. The summed E-state index contributed by atoms with van der Waals surface area (Å²) in [4.78, 5) is 15.1. The third kappa shape index (κ3) is 5.71. The summed E-state index contributed by atoms with van der Waals surface area (Å²) in [5.74, 6) is 0.850. The van der Waals surface area contributed by atoms with Gasteiger partial charge in [0.05, 0.1) is 34.1 Å². The highest BCUT2D eigenvalue weighted by Crippen LogP contribution is 2.44. The average molecular weight is 615 g/mol. The van der Waals surface area contributed by atoms with E-state index in [4.69, 9.17) is 32.7 Å². The number of rotatable bonds is 9. The van der Waals surface area contributed by atoms with Crippen LogP contribution in [0.3, 0.4) is 0 Å². The molecule has 2 saturated carbocycles. The van der Waals surface area contributed by atoms with Crippen LogP contribution in [0, 0.1) is 5.92 Å². The normalized spacial score (nSPS) is 24.2. The van der Waals surface area contributed by atoms with Gasteiger partial charge in [0.15, 0.2) is 0 Å². The van der Waals surface area contributed by atoms with Crippen LogP contribution in [-0.4, -0.2) is 58.1 Å². The molecule has 11 heteroatoms. The predicted molar refractivity (Wildman–Crippen MR) is 161 cm³/mol. The van der Waals surface area contributed by atoms with Crippen molar-refractivity contribution in [3.05, 3.63) is 69.5 Å². The molecule has 1 N–H and O–H groups in total. The Morgan fingerprint density at radius 3 is 2.49 bits per heavy atom. The Kier molecular flexibility index (Phi) is 7.90. The van der Waals surface area contributed by atoms with Gasteiger partial charge in [0.25, 0.3) is 5.91 Å². The number of ether oxygens (including phenoxy) is 2. The molecule has 2 aliphatic carbocycles. The molecule has 7 rings (SSSR count). The third-order valence-corrected chi connectivity index (χ3v) is 10.5. The zero-order valence-corrected chi connectivity index (χ0v) is 25.0. The third-order valence-electron chi connectivity index (χ3n) is 8.77. The fourth-order valence-corrected chi connectivity index (χ4v) is 7.78. The van der Waals surface area contributed by atoms with E-state index in [2.05, 4.69) is 32.1 Å². The van der Waals surface area contributed by atoms with Gasteiger partial charge in [-0.25, -0.2) is 4.68 Å². The molecule has 2 aromatic carbocycles. The van der Waals surface area contributed by atoms with Crippen molar-refractivity contribution in [3.63, 3.8) is 0 Å². The van der Waals surface area contributed by atoms with Crippen molar-refractivity contribution in [2.45, 2.75) is 68.4 Å². The quantitative estimate of drug-likeness (QED) is 0.288. The van der Waals surface area contributed by atoms with Crippen molar-refractivity contribution in [1.29, 1.82) is 0 Å². The van der Waals surface area contributed by atoms with Crippen LogP contribution in [-0.2, 0) is 16.1 Å². The van der Waals surface area contributed by atoms with E-state index in [9.17, 15) is 4.79 Å².